The number of nitrogens with zero attached hydrogens (tertiary/aromatic N) is 3. The number of aromatic nitrogens is 2. The third kappa shape index (κ3) is 4.54. The molecule has 126 valence electrons. The van der Waals surface area contributed by atoms with E-state index in [1.165, 1.54) is 24.3 Å². The van der Waals surface area contributed by atoms with Crippen molar-refractivity contribution in [2.24, 2.45) is 0 Å². The van der Waals surface area contributed by atoms with E-state index < -0.39 is 4.92 Å². The zero-order valence-electron chi connectivity index (χ0n) is 13.1. The molecule has 0 aliphatic carbocycles. The zero-order valence-corrected chi connectivity index (χ0v) is 14.8. The highest BCUT2D eigenvalue weighted by atomic mass is 79.9. The molecule has 2 heterocycles. The van der Waals surface area contributed by atoms with Gasteiger partial charge in [-0.15, -0.1) is 17.0 Å². The minimum atomic E-state index is -0.485. The van der Waals surface area contributed by atoms with Gasteiger partial charge in [-0.25, -0.2) is 0 Å². The zero-order chi connectivity index (χ0) is 16.9. The Morgan fingerprint density at radius 2 is 1.52 bits per heavy atom. The van der Waals surface area contributed by atoms with Gasteiger partial charge in [0, 0.05) is 42.2 Å². The average Bonchev–Trinajstić information content (AvgIpc) is 2.63. The lowest BCUT2D eigenvalue weighted by Gasteiger charge is -2.01. The minimum absolute atomic E-state index is 0. The van der Waals surface area contributed by atoms with Gasteiger partial charge in [-0.2, -0.15) is 4.57 Å². The number of nitro groups is 1. The summed E-state index contributed by atoms with van der Waals surface area (Å²) in [6.45, 7) is 0.175. The Hall–Kier alpha value is -2.93. The summed E-state index contributed by atoms with van der Waals surface area (Å²) in [5, 5.41) is 10.6. The van der Waals surface area contributed by atoms with Crippen LogP contribution in [0, 0.1) is 10.1 Å². The number of ketones is 1. The highest BCUT2D eigenvalue weighted by Gasteiger charge is 2.14. The molecule has 0 bridgehead atoms. The average molecular weight is 401 g/mol. The van der Waals surface area contributed by atoms with Crippen LogP contribution in [-0.4, -0.2) is 15.7 Å². The Balaban J connectivity index is 0.00000225. The van der Waals surface area contributed by atoms with E-state index in [1.807, 2.05) is 36.7 Å². The van der Waals surface area contributed by atoms with Crippen LogP contribution in [-0.2, 0) is 6.54 Å². The number of carbonyl (C=O) groups excluding carboxylic acids is 1. The quantitative estimate of drug-likeness (QED) is 0.284. The first-order valence-corrected chi connectivity index (χ1v) is 7.30. The Morgan fingerprint density at radius 3 is 2.08 bits per heavy atom. The molecule has 0 aliphatic heterocycles. The summed E-state index contributed by atoms with van der Waals surface area (Å²) in [6.07, 6.45) is 7.13. The maximum atomic E-state index is 12.3. The topological polar surface area (TPSA) is 77.0 Å². The monoisotopic (exact) mass is 400 g/mol. The highest BCUT2D eigenvalue weighted by molar-refractivity contribution is 8.93. The molecule has 2 aromatic heterocycles. The van der Waals surface area contributed by atoms with Crippen molar-refractivity contribution >= 4 is 28.5 Å². The number of Topliss-reactive ketones (excluding diaryl/α,β-unsaturated/α-hetero) is 1. The summed E-state index contributed by atoms with van der Waals surface area (Å²) in [4.78, 5) is 26.4. The molecule has 6 nitrogen and oxygen atoms in total. The van der Waals surface area contributed by atoms with E-state index in [2.05, 4.69) is 4.98 Å². The molecule has 25 heavy (non-hydrogen) atoms. The van der Waals surface area contributed by atoms with E-state index in [0.29, 0.717) is 5.56 Å². The number of hydrogen-bond donors (Lipinski definition) is 0. The largest absolute Gasteiger partial charge is 0.287 e. The second kappa shape index (κ2) is 8.25. The smallest absolute Gasteiger partial charge is 0.269 e. The molecule has 0 spiro atoms. The SMILES string of the molecule is Br.O=C(C[n+]1ccc(-c2ccncc2)cc1)c1ccc([N+](=O)[O-])cc1. The van der Waals surface area contributed by atoms with Gasteiger partial charge in [0.05, 0.1) is 4.92 Å². The molecule has 0 atom stereocenters. The lowest BCUT2D eigenvalue weighted by atomic mass is 10.1. The summed E-state index contributed by atoms with van der Waals surface area (Å²) < 4.78 is 1.77. The van der Waals surface area contributed by atoms with Crippen molar-refractivity contribution in [3.63, 3.8) is 0 Å². The molecular formula is C18H15BrN3O3+. The van der Waals surface area contributed by atoms with E-state index in [4.69, 9.17) is 0 Å². The normalized spacial score (nSPS) is 9.92. The van der Waals surface area contributed by atoms with Gasteiger partial charge in [0.2, 0.25) is 12.3 Å². The number of halogens is 1. The molecular weight excluding hydrogens is 386 g/mol. The summed E-state index contributed by atoms with van der Waals surface area (Å²) in [5.74, 6) is -0.105. The first kappa shape index (κ1) is 18.4. The van der Waals surface area contributed by atoms with Crippen LogP contribution in [0.25, 0.3) is 11.1 Å². The first-order chi connectivity index (χ1) is 11.6. The predicted octanol–water partition coefficient (Wildman–Crippen LogP) is 3.41. The fourth-order valence-electron chi connectivity index (χ4n) is 2.33. The third-order valence-corrected chi connectivity index (χ3v) is 3.63. The molecule has 7 heteroatoms. The number of pyridine rings is 2. The van der Waals surface area contributed by atoms with E-state index >= 15 is 0 Å². The van der Waals surface area contributed by atoms with Crippen molar-refractivity contribution in [2.45, 2.75) is 6.54 Å². The second-order valence-electron chi connectivity index (χ2n) is 5.22. The number of benzene rings is 1. The fourth-order valence-corrected chi connectivity index (χ4v) is 2.33. The summed E-state index contributed by atoms with van der Waals surface area (Å²) >= 11 is 0. The molecule has 0 N–H and O–H groups in total. The van der Waals surface area contributed by atoms with Gasteiger partial charge >= 0.3 is 0 Å². The van der Waals surface area contributed by atoms with Gasteiger partial charge in [0.15, 0.2) is 12.4 Å². The summed E-state index contributed by atoms with van der Waals surface area (Å²) in [5.41, 5.74) is 2.52. The van der Waals surface area contributed by atoms with E-state index in [1.54, 1.807) is 17.0 Å². The Kier molecular flexibility index (Phi) is 6.08. The highest BCUT2D eigenvalue weighted by Crippen LogP contribution is 2.16. The van der Waals surface area contributed by atoms with Crippen LogP contribution in [0.2, 0.25) is 0 Å². The van der Waals surface area contributed by atoms with Crippen LogP contribution >= 0.6 is 17.0 Å². The van der Waals surface area contributed by atoms with Crippen molar-refractivity contribution in [3.05, 3.63) is 89.0 Å². The van der Waals surface area contributed by atoms with Crippen molar-refractivity contribution < 1.29 is 14.3 Å². The lowest BCUT2D eigenvalue weighted by molar-refractivity contribution is -0.683. The molecule has 3 aromatic rings. The molecule has 3 rings (SSSR count). The number of nitro benzene ring substituents is 1. The van der Waals surface area contributed by atoms with Gasteiger partial charge in [0.1, 0.15) is 0 Å². The lowest BCUT2D eigenvalue weighted by Crippen LogP contribution is -2.37. The van der Waals surface area contributed by atoms with Crippen LogP contribution in [0.3, 0.4) is 0 Å². The van der Waals surface area contributed by atoms with Gasteiger partial charge < -0.3 is 0 Å². The van der Waals surface area contributed by atoms with Gasteiger partial charge in [-0.3, -0.25) is 19.9 Å². The van der Waals surface area contributed by atoms with Crippen molar-refractivity contribution in [2.75, 3.05) is 0 Å². The molecule has 0 amide bonds. The molecule has 0 saturated carbocycles. The minimum Gasteiger partial charge on any atom is -0.287 e. The van der Waals surface area contributed by atoms with Crippen LogP contribution in [0.15, 0.2) is 73.3 Å². The second-order valence-corrected chi connectivity index (χ2v) is 5.22. The molecule has 0 unspecified atom stereocenters. The van der Waals surface area contributed by atoms with Gasteiger partial charge in [0.25, 0.3) is 5.69 Å². The number of carbonyl (C=O) groups is 1. The van der Waals surface area contributed by atoms with Gasteiger partial charge in [-0.05, 0) is 35.4 Å². The Labute approximate surface area is 154 Å². The Bertz CT molecular complexity index is 866. The molecule has 1 aromatic carbocycles. The summed E-state index contributed by atoms with van der Waals surface area (Å²) in [7, 11) is 0. The van der Waals surface area contributed by atoms with Crippen molar-refractivity contribution in [1.29, 1.82) is 0 Å². The molecule has 0 saturated heterocycles. The molecule has 0 radical (unpaired) electrons. The standard InChI is InChI=1S/C18H14N3O3.BrH/c22-18(16-1-3-17(4-2-16)21(23)24)13-20-11-7-15(8-12-20)14-5-9-19-10-6-14;/h1-12H,13H2;1H/q+1;. The predicted molar refractivity (Wildman–Crippen MR) is 97.6 cm³/mol. The molecule has 0 aliphatic rings. The van der Waals surface area contributed by atoms with Crippen molar-refractivity contribution in [3.8, 4) is 11.1 Å². The van der Waals surface area contributed by atoms with Gasteiger partial charge in [-0.1, -0.05) is 0 Å². The molecule has 0 fully saturated rings. The van der Waals surface area contributed by atoms with E-state index in [-0.39, 0.29) is 35.0 Å². The number of non-ortho nitro benzene ring substituents is 1. The van der Waals surface area contributed by atoms with Crippen molar-refractivity contribution in [1.82, 2.24) is 4.98 Å². The third-order valence-electron chi connectivity index (χ3n) is 3.63. The Morgan fingerprint density at radius 1 is 0.960 bits per heavy atom. The van der Waals surface area contributed by atoms with Crippen LogP contribution in [0.1, 0.15) is 10.4 Å². The van der Waals surface area contributed by atoms with Crippen LogP contribution in [0.4, 0.5) is 5.69 Å². The fraction of sp³-hybridized carbons (Fsp3) is 0.0556. The first-order valence-electron chi connectivity index (χ1n) is 7.30. The van der Waals surface area contributed by atoms with Crippen LogP contribution < -0.4 is 4.57 Å². The van der Waals surface area contributed by atoms with Crippen LogP contribution in [0.5, 0.6) is 0 Å². The maximum Gasteiger partial charge on any atom is 0.269 e. The number of rotatable bonds is 5. The summed E-state index contributed by atoms with van der Waals surface area (Å²) in [6, 6.07) is 13.3. The maximum absolute atomic E-state index is 12.3. The van der Waals surface area contributed by atoms with E-state index in [9.17, 15) is 14.9 Å². The number of hydrogen-bond acceptors (Lipinski definition) is 4. The van der Waals surface area contributed by atoms with E-state index in [0.717, 1.165) is 11.1 Å².